The summed E-state index contributed by atoms with van der Waals surface area (Å²) >= 11 is 0. The third kappa shape index (κ3) is 1.56. The van der Waals surface area contributed by atoms with E-state index < -0.39 is 0 Å². The molecule has 0 radical (unpaired) electrons. The molecule has 0 aromatic carbocycles. The molecule has 2 aliphatic rings. The number of hydrogen-bond donors (Lipinski definition) is 1. The van der Waals surface area contributed by atoms with E-state index in [1.54, 1.807) is 7.11 Å². The highest BCUT2D eigenvalue weighted by Gasteiger charge is 2.38. The smallest absolute Gasteiger partial charge is 0.129 e. The van der Waals surface area contributed by atoms with Crippen molar-refractivity contribution in [2.75, 3.05) is 33.4 Å². The van der Waals surface area contributed by atoms with Crippen LogP contribution in [-0.4, -0.2) is 44.8 Å². The first-order valence-corrected chi connectivity index (χ1v) is 4.79. The highest BCUT2D eigenvalue weighted by molar-refractivity contribution is 5.91. The van der Waals surface area contributed by atoms with Gasteiger partial charge in [-0.15, -0.1) is 0 Å². The topological polar surface area (TPSA) is 42.8 Å². The van der Waals surface area contributed by atoms with E-state index in [9.17, 15) is 0 Å². The van der Waals surface area contributed by atoms with Gasteiger partial charge >= 0.3 is 0 Å². The Morgan fingerprint density at radius 2 is 2.23 bits per heavy atom. The molecule has 0 amide bonds. The number of amidine groups is 1. The Bertz CT molecular complexity index is 210. The zero-order valence-corrected chi connectivity index (χ0v) is 8.01. The van der Waals surface area contributed by atoms with E-state index >= 15 is 0 Å². The van der Waals surface area contributed by atoms with E-state index in [0.29, 0.717) is 0 Å². The first-order valence-electron chi connectivity index (χ1n) is 4.79. The summed E-state index contributed by atoms with van der Waals surface area (Å²) in [6.07, 6.45) is 1.82. The Kier molecular flexibility index (Phi) is 2.51. The first-order chi connectivity index (χ1) is 6.37. The molecule has 0 aliphatic carbocycles. The number of aliphatic imine (C=N–C) groups is 1. The maximum Gasteiger partial charge on any atom is 0.129 e. The molecule has 4 nitrogen and oxygen atoms in total. The second-order valence-electron chi connectivity index (χ2n) is 3.47. The Hall–Kier alpha value is -0.610. The molecule has 1 fully saturated rings. The molecule has 0 atom stereocenters. The van der Waals surface area contributed by atoms with Crippen molar-refractivity contribution in [3.63, 3.8) is 0 Å². The van der Waals surface area contributed by atoms with Crippen molar-refractivity contribution in [2.45, 2.75) is 18.4 Å². The maximum atomic E-state index is 5.59. The lowest BCUT2D eigenvalue weighted by Gasteiger charge is -2.35. The van der Waals surface area contributed by atoms with Gasteiger partial charge in [-0.3, -0.25) is 4.99 Å². The average Bonchev–Trinajstić information content (AvgIpc) is 2.72. The third-order valence-electron chi connectivity index (χ3n) is 2.80. The van der Waals surface area contributed by atoms with Crippen molar-refractivity contribution < 1.29 is 9.47 Å². The van der Waals surface area contributed by atoms with Gasteiger partial charge in [0.2, 0.25) is 0 Å². The molecule has 0 aromatic heterocycles. The fourth-order valence-electron chi connectivity index (χ4n) is 1.94. The highest BCUT2D eigenvalue weighted by Crippen LogP contribution is 2.26. The van der Waals surface area contributed by atoms with E-state index in [-0.39, 0.29) is 5.60 Å². The first kappa shape index (κ1) is 8.97. The Balaban J connectivity index is 2.12. The van der Waals surface area contributed by atoms with Crippen molar-refractivity contribution in [2.24, 2.45) is 4.99 Å². The predicted molar refractivity (Wildman–Crippen MR) is 50.1 cm³/mol. The van der Waals surface area contributed by atoms with E-state index in [1.807, 2.05) is 0 Å². The van der Waals surface area contributed by atoms with E-state index in [2.05, 4.69) is 10.3 Å². The van der Waals surface area contributed by atoms with Crippen LogP contribution in [0.15, 0.2) is 4.99 Å². The predicted octanol–water partition coefficient (Wildman–Crippen LogP) is 0.184. The SMILES string of the molecule is COC1(C2=NCCN2)CCOCC1. The van der Waals surface area contributed by atoms with Crippen LogP contribution in [0.1, 0.15) is 12.8 Å². The van der Waals surface area contributed by atoms with E-state index in [1.165, 1.54) is 0 Å². The van der Waals surface area contributed by atoms with Crippen molar-refractivity contribution in [3.8, 4) is 0 Å². The molecule has 74 valence electrons. The van der Waals surface area contributed by atoms with Crippen LogP contribution in [0, 0.1) is 0 Å². The van der Waals surface area contributed by atoms with Gasteiger partial charge in [0, 0.05) is 39.7 Å². The minimum absolute atomic E-state index is 0.186. The summed E-state index contributed by atoms with van der Waals surface area (Å²) in [4.78, 5) is 4.43. The molecule has 1 N–H and O–H groups in total. The summed E-state index contributed by atoms with van der Waals surface area (Å²) in [5, 5.41) is 3.29. The number of hydrogen-bond acceptors (Lipinski definition) is 4. The van der Waals surface area contributed by atoms with Gasteiger partial charge in [0.25, 0.3) is 0 Å². The average molecular weight is 184 g/mol. The standard InChI is InChI=1S/C9H16N2O2/c1-12-9(2-6-13-7-3-9)8-10-4-5-11-8/h2-7H2,1H3,(H,10,11). The molecule has 0 bridgehead atoms. The van der Waals surface area contributed by atoms with Gasteiger partial charge in [-0.05, 0) is 0 Å². The van der Waals surface area contributed by atoms with Crippen LogP contribution < -0.4 is 5.32 Å². The van der Waals surface area contributed by atoms with Gasteiger partial charge in [-0.25, -0.2) is 0 Å². The largest absolute Gasteiger partial charge is 0.381 e. The van der Waals surface area contributed by atoms with E-state index in [0.717, 1.165) is 45.0 Å². The molecule has 13 heavy (non-hydrogen) atoms. The van der Waals surface area contributed by atoms with Gasteiger partial charge in [0.15, 0.2) is 0 Å². The molecule has 2 aliphatic heterocycles. The summed E-state index contributed by atoms with van der Waals surface area (Å²) in [6, 6.07) is 0. The Labute approximate surface area is 78.3 Å². The van der Waals surface area contributed by atoms with E-state index in [4.69, 9.17) is 9.47 Å². The number of rotatable bonds is 2. The lowest BCUT2D eigenvalue weighted by atomic mass is 9.92. The van der Waals surface area contributed by atoms with Gasteiger partial charge in [0.1, 0.15) is 11.4 Å². The van der Waals surface area contributed by atoms with Crippen molar-refractivity contribution in [1.82, 2.24) is 5.32 Å². The summed E-state index contributed by atoms with van der Waals surface area (Å²) in [5.41, 5.74) is -0.186. The summed E-state index contributed by atoms with van der Waals surface area (Å²) in [6.45, 7) is 3.37. The quantitative estimate of drug-likeness (QED) is 0.666. The van der Waals surface area contributed by atoms with Crippen molar-refractivity contribution in [1.29, 1.82) is 0 Å². The van der Waals surface area contributed by atoms with Gasteiger partial charge in [-0.2, -0.15) is 0 Å². The second kappa shape index (κ2) is 3.64. The van der Waals surface area contributed by atoms with Crippen LogP contribution in [0.2, 0.25) is 0 Å². The van der Waals surface area contributed by atoms with Gasteiger partial charge < -0.3 is 14.8 Å². The number of nitrogens with zero attached hydrogens (tertiary/aromatic N) is 1. The van der Waals surface area contributed by atoms with Crippen molar-refractivity contribution >= 4 is 5.84 Å². The maximum absolute atomic E-state index is 5.59. The number of nitrogens with one attached hydrogen (secondary N) is 1. The van der Waals surface area contributed by atoms with Crippen LogP contribution in [0.4, 0.5) is 0 Å². The molecule has 0 spiro atoms. The molecular formula is C9H16N2O2. The highest BCUT2D eigenvalue weighted by atomic mass is 16.5. The molecule has 0 saturated carbocycles. The fourth-order valence-corrected chi connectivity index (χ4v) is 1.94. The van der Waals surface area contributed by atoms with Crippen molar-refractivity contribution in [3.05, 3.63) is 0 Å². The Morgan fingerprint density at radius 3 is 2.77 bits per heavy atom. The molecule has 0 aromatic rings. The fraction of sp³-hybridized carbons (Fsp3) is 0.889. The molecule has 0 unspecified atom stereocenters. The monoisotopic (exact) mass is 184 g/mol. The lowest BCUT2D eigenvalue weighted by molar-refractivity contribution is -0.0474. The minimum Gasteiger partial charge on any atom is -0.381 e. The van der Waals surface area contributed by atoms with Crippen LogP contribution >= 0.6 is 0 Å². The number of ether oxygens (including phenoxy) is 2. The molecule has 4 heteroatoms. The Morgan fingerprint density at radius 1 is 1.46 bits per heavy atom. The van der Waals surface area contributed by atoms with Crippen LogP contribution in [0.25, 0.3) is 0 Å². The third-order valence-corrected chi connectivity index (χ3v) is 2.80. The molecule has 2 heterocycles. The molecular weight excluding hydrogens is 168 g/mol. The molecule has 1 saturated heterocycles. The zero-order chi connectivity index (χ0) is 9.15. The normalized spacial score (nSPS) is 26.7. The summed E-state index contributed by atoms with van der Waals surface area (Å²) in [7, 11) is 1.76. The minimum atomic E-state index is -0.186. The molecule has 2 rings (SSSR count). The van der Waals surface area contributed by atoms with Gasteiger partial charge in [-0.1, -0.05) is 0 Å². The van der Waals surface area contributed by atoms with Crippen LogP contribution in [-0.2, 0) is 9.47 Å². The number of methoxy groups -OCH3 is 1. The van der Waals surface area contributed by atoms with Crippen LogP contribution in [0.5, 0.6) is 0 Å². The van der Waals surface area contributed by atoms with Crippen LogP contribution in [0.3, 0.4) is 0 Å². The summed E-state index contributed by atoms with van der Waals surface area (Å²) in [5.74, 6) is 1.03. The zero-order valence-electron chi connectivity index (χ0n) is 8.01. The second-order valence-corrected chi connectivity index (χ2v) is 3.47. The lowest BCUT2D eigenvalue weighted by Crippen LogP contribution is -2.50. The summed E-state index contributed by atoms with van der Waals surface area (Å²) < 4.78 is 10.9. The van der Waals surface area contributed by atoms with Gasteiger partial charge in [0.05, 0.1) is 6.54 Å².